The van der Waals surface area contributed by atoms with Gasteiger partial charge in [0.2, 0.25) is 5.91 Å². The van der Waals surface area contributed by atoms with Crippen LogP contribution in [0.25, 0.3) is 22.0 Å². The van der Waals surface area contributed by atoms with E-state index in [9.17, 15) is 9.18 Å². The van der Waals surface area contributed by atoms with Crippen molar-refractivity contribution in [3.8, 4) is 11.3 Å². The molecule has 3 aromatic rings. The summed E-state index contributed by atoms with van der Waals surface area (Å²) in [7, 11) is 1.83. The van der Waals surface area contributed by atoms with Crippen molar-refractivity contribution in [3.63, 3.8) is 0 Å². The van der Waals surface area contributed by atoms with Crippen LogP contribution in [0, 0.1) is 5.92 Å². The van der Waals surface area contributed by atoms with Crippen molar-refractivity contribution < 1.29 is 9.18 Å². The van der Waals surface area contributed by atoms with Crippen LogP contribution in [0.1, 0.15) is 19.8 Å². The topological polar surface area (TPSA) is 75.9 Å². The normalized spacial score (nSPS) is 16.8. The van der Waals surface area contributed by atoms with Gasteiger partial charge in [-0.05, 0) is 50.4 Å². The Labute approximate surface area is 168 Å². The minimum Gasteiger partial charge on any atom is -0.310 e. The molecule has 1 saturated heterocycles. The zero-order chi connectivity index (χ0) is 20.4. The minimum absolute atomic E-state index is 0.0186. The summed E-state index contributed by atoms with van der Waals surface area (Å²) in [6, 6.07) is 7.87. The lowest BCUT2D eigenvalue weighted by Gasteiger charge is -2.31. The number of hydrogen-bond acceptors (Lipinski definition) is 5. The van der Waals surface area contributed by atoms with Gasteiger partial charge < -0.3 is 10.2 Å². The largest absolute Gasteiger partial charge is 0.310 e. The van der Waals surface area contributed by atoms with Crippen molar-refractivity contribution in [3.05, 3.63) is 36.7 Å². The fraction of sp³-hybridized carbons (Fsp3) is 0.429. The summed E-state index contributed by atoms with van der Waals surface area (Å²) in [5.41, 5.74) is 1.76. The van der Waals surface area contributed by atoms with E-state index in [1.807, 2.05) is 37.5 Å². The van der Waals surface area contributed by atoms with E-state index in [0.717, 1.165) is 48.0 Å². The molecule has 2 aromatic heterocycles. The van der Waals surface area contributed by atoms with E-state index in [4.69, 9.17) is 0 Å². The fourth-order valence-corrected chi connectivity index (χ4v) is 3.81. The van der Waals surface area contributed by atoms with Crippen LogP contribution in [0.3, 0.4) is 0 Å². The van der Waals surface area contributed by atoms with Gasteiger partial charge in [0.1, 0.15) is 17.7 Å². The molecule has 8 heteroatoms. The number of carbonyl (C=O) groups excluding carboxylic acids is 1. The number of alkyl halides is 1. The van der Waals surface area contributed by atoms with Crippen molar-refractivity contribution in [2.45, 2.75) is 25.9 Å². The second-order valence-electron chi connectivity index (χ2n) is 7.75. The summed E-state index contributed by atoms with van der Waals surface area (Å²) in [5.74, 6) is 0.457. The number of fused-ring (bicyclic) bond motifs is 1. The van der Waals surface area contributed by atoms with E-state index in [1.165, 1.54) is 0 Å². The number of nitrogens with zero attached hydrogens (tertiary/aromatic N) is 5. The quantitative estimate of drug-likeness (QED) is 0.717. The molecular formula is C21H25FN6O. The summed E-state index contributed by atoms with van der Waals surface area (Å²) in [4.78, 5) is 19.1. The number of carbonyl (C=O) groups is 1. The van der Waals surface area contributed by atoms with Gasteiger partial charge >= 0.3 is 0 Å². The Hall–Kier alpha value is -2.87. The maximum Gasteiger partial charge on any atom is 0.228 e. The van der Waals surface area contributed by atoms with Crippen LogP contribution in [-0.4, -0.2) is 56.6 Å². The number of aromatic nitrogens is 4. The average Bonchev–Trinajstić information content (AvgIpc) is 3.14. The standard InChI is InChI=1S/C21H25FN6O/c1-14(22)12-28-7-5-15(6-8-28)21(29)24-20-10-18-9-16(3-4-17(18)11-23-20)19-13-27(2)26-25-19/h3-4,9-11,13-15H,5-8,12H2,1-2H3,(H,23,24,29)/t14-/m1/s1. The van der Waals surface area contributed by atoms with Crippen LogP contribution in [-0.2, 0) is 11.8 Å². The van der Waals surface area contributed by atoms with E-state index in [-0.39, 0.29) is 11.8 Å². The molecule has 0 radical (unpaired) electrons. The van der Waals surface area contributed by atoms with Gasteiger partial charge in [0.05, 0.1) is 6.20 Å². The molecule has 1 fully saturated rings. The Morgan fingerprint density at radius 2 is 2.07 bits per heavy atom. The summed E-state index contributed by atoms with van der Waals surface area (Å²) in [6.07, 6.45) is 4.26. The fourth-order valence-electron chi connectivity index (χ4n) is 3.81. The van der Waals surface area contributed by atoms with Crippen LogP contribution >= 0.6 is 0 Å². The first-order chi connectivity index (χ1) is 14.0. The number of likely N-dealkylation sites (tertiary alicyclic amines) is 1. The third-order valence-electron chi connectivity index (χ3n) is 5.34. The monoisotopic (exact) mass is 396 g/mol. The van der Waals surface area contributed by atoms with Crippen molar-refractivity contribution in [2.24, 2.45) is 13.0 Å². The van der Waals surface area contributed by atoms with Gasteiger partial charge in [-0.3, -0.25) is 9.48 Å². The van der Waals surface area contributed by atoms with Gasteiger partial charge in [0, 0.05) is 36.7 Å². The molecule has 7 nitrogen and oxygen atoms in total. The molecule has 1 atom stereocenters. The molecule has 1 N–H and O–H groups in total. The zero-order valence-corrected chi connectivity index (χ0v) is 16.7. The van der Waals surface area contributed by atoms with Crippen molar-refractivity contribution in [1.82, 2.24) is 24.9 Å². The second-order valence-corrected chi connectivity index (χ2v) is 7.75. The number of amides is 1. The van der Waals surface area contributed by atoms with Crippen LogP contribution < -0.4 is 5.32 Å². The number of anilines is 1. The lowest BCUT2D eigenvalue weighted by Crippen LogP contribution is -2.40. The van der Waals surface area contributed by atoms with E-state index < -0.39 is 6.17 Å². The lowest BCUT2D eigenvalue weighted by molar-refractivity contribution is -0.121. The number of piperidine rings is 1. The predicted octanol–water partition coefficient (Wildman–Crippen LogP) is 3.04. The van der Waals surface area contributed by atoms with Gasteiger partial charge in [-0.1, -0.05) is 17.3 Å². The van der Waals surface area contributed by atoms with Gasteiger partial charge in [-0.25, -0.2) is 9.37 Å². The van der Waals surface area contributed by atoms with Crippen molar-refractivity contribution >= 4 is 22.5 Å². The van der Waals surface area contributed by atoms with Crippen LogP contribution in [0.15, 0.2) is 36.7 Å². The van der Waals surface area contributed by atoms with Gasteiger partial charge in [0.15, 0.2) is 0 Å². The third kappa shape index (κ3) is 4.59. The molecule has 1 aliphatic rings. The van der Waals surface area contributed by atoms with E-state index in [0.29, 0.717) is 12.4 Å². The van der Waals surface area contributed by atoms with E-state index in [2.05, 4.69) is 25.5 Å². The van der Waals surface area contributed by atoms with Crippen molar-refractivity contribution in [1.29, 1.82) is 0 Å². The molecule has 4 rings (SSSR count). The second kappa shape index (κ2) is 8.24. The first-order valence-electron chi connectivity index (χ1n) is 9.92. The number of benzene rings is 1. The highest BCUT2D eigenvalue weighted by Crippen LogP contribution is 2.25. The summed E-state index contributed by atoms with van der Waals surface area (Å²) in [5, 5.41) is 13.0. The highest BCUT2D eigenvalue weighted by Gasteiger charge is 2.25. The molecular weight excluding hydrogens is 371 g/mol. The molecule has 1 aliphatic heterocycles. The predicted molar refractivity (Wildman–Crippen MR) is 110 cm³/mol. The number of nitrogens with one attached hydrogen (secondary N) is 1. The molecule has 0 aliphatic carbocycles. The highest BCUT2D eigenvalue weighted by molar-refractivity contribution is 5.95. The Balaban J connectivity index is 1.44. The van der Waals surface area contributed by atoms with Crippen LogP contribution in [0.4, 0.5) is 10.2 Å². The van der Waals surface area contributed by atoms with Crippen molar-refractivity contribution in [2.75, 3.05) is 25.0 Å². The maximum atomic E-state index is 13.2. The van der Waals surface area contributed by atoms with Crippen LogP contribution in [0.5, 0.6) is 0 Å². The Kier molecular flexibility index (Phi) is 5.53. The molecule has 0 unspecified atom stereocenters. The zero-order valence-electron chi connectivity index (χ0n) is 16.7. The highest BCUT2D eigenvalue weighted by atomic mass is 19.1. The molecule has 1 amide bonds. The lowest BCUT2D eigenvalue weighted by atomic mass is 9.95. The van der Waals surface area contributed by atoms with Crippen LogP contribution in [0.2, 0.25) is 0 Å². The van der Waals surface area contributed by atoms with E-state index >= 15 is 0 Å². The first-order valence-corrected chi connectivity index (χ1v) is 9.92. The van der Waals surface area contributed by atoms with Gasteiger partial charge in [0.25, 0.3) is 0 Å². The third-order valence-corrected chi connectivity index (χ3v) is 5.34. The number of aryl methyl sites for hydroxylation is 1. The Bertz CT molecular complexity index is 1010. The number of hydrogen-bond donors (Lipinski definition) is 1. The summed E-state index contributed by atoms with van der Waals surface area (Å²) in [6.45, 7) is 3.51. The maximum absolute atomic E-state index is 13.2. The number of pyridine rings is 1. The molecule has 1 aromatic carbocycles. The molecule has 29 heavy (non-hydrogen) atoms. The molecule has 0 bridgehead atoms. The molecule has 3 heterocycles. The van der Waals surface area contributed by atoms with Gasteiger partial charge in [-0.2, -0.15) is 0 Å². The number of halogens is 1. The van der Waals surface area contributed by atoms with E-state index in [1.54, 1.807) is 17.8 Å². The number of rotatable bonds is 5. The van der Waals surface area contributed by atoms with Gasteiger partial charge in [-0.15, -0.1) is 5.10 Å². The minimum atomic E-state index is -0.839. The summed E-state index contributed by atoms with van der Waals surface area (Å²) >= 11 is 0. The Morgan fingerprint density at radius 1 is 1.28 bits per heavy atom. The SMILES string of the molecule is C[C@@H](F)CN1CCC(C(=O)Nc2cc3cc(-c4cn(C)nn4)ccc3cn2)CC1. The average molecular weight is 396 g/mol. The Morgan fingerprint density at radius 3 is 2.76 bits per heavy atom. The smallest absolute Gasteiger partial charge is 0.228 e. The molecule has 0 spiro atoms. The first kappa shape index (κ1) is 19.4. The molecule has 152 valence electrons. The molecule has 0 saturated carbocycles. The summed E-state index contributed by atoms with van der Waals surface area (Å²) < 4.78 is 14.8.